The van der Waals surface area contributed by atoms with E-state index in [4.69, 9.17) is 33.4 Å². The number of aromatic nitrogens is 20. The Labute approximate surface area is 779 Å². The van der Waals surface area contributed by atoms with Crippen LogP contribution in [0.5, 0.6) is 5.75 Å². The van der Waals surface area contributed by atoms with E-state index in [0.29, 0.717) is 73.0 Å². The van der Waals surface area contributed by atoms with Crippen molar-refractivity contribution in [3.63, 3.8) is 0 Å². The van der Waals surface area contributed by atoms with Crippen LogP contribution in [0.1, 0.15) is 145 Å². The van der Waals surface area contributed by atoms with Gasteiger partial charge in [-0.25, -0.2) is 63.8 Å². The van der Waals surface area contributed by atoms with Crippen LogP contribution in [-0.4, -0.2) is 115 Å². The summed E-state index contributed by atoms with van der Waals surface area (Å²) in [6, 6.07) is 40.9. The second-order valence-electron chi connectivity index (χ2n) is 36.5. The van der Waals surface area contributed by atoms with Gasteiger partial charge < -0.3 is 82.8 Å². The minimum Gasteiger partial charge on any atom is -0.497 e. The van der Waals surface area contributed by atoms with Crippen molar-refractivity contribution in [2.24, 2.45) is 0 Å². The third kappa shape index (κ3) is 13.2. The molecule has 5 aliphatic heterocycles. The molecule has 0 bridgehead atoms. The van der Waals surface area contributed by atoms with Gasteiger partial charge in [0.15, 0.2) is 0 Å². The first kappa shape index (κ1) is 85.9. The Bertz CT molecular complexity index is 8190. The summed E-state index contributed by atoms with van der Waals surface area (Å²) < 4.78 is 40.6. The van der Waals surface area contributed by atoms with Crippen molar-refractivity contribution in [2.45, 2.75) is 153 Å². The fourth-order valence-electron chi connectivity index (χ4n) is 21.0. The van der Waals surface area contributed by atoms with Gasteiger partial charge in [0, 0.05) is 113 Å². The molecule has 136 heavy (non-hydrogen) atoms. The lowest BCUT2D eigenvalue weighted by molar-refractivity contribution is 0.242. The molecule has 2 amide bonds. The summed E-state index contributed by atoms with van der Waals surface area (Å²) in [7, 11) is 1.68. The zero-order valence-corrected chi connectivity index (χ0v) is 77.9. The summed E-state index contributed by atoms with van der Waals surface area (Å²) in [5.74, 6) is 5.21. The number of carbonyl (C=O) groups is 2. The zero-order valence-electron chi connectivity index (χ0n) is 77.9. The van der Waals surface area contributed by atoms with Crippen molar-refractivity contribution < 1.29 is 18.7 Å². The fourth-order valence-corrected chi connectivity index (χ4v) is 21.0. The number of nitrogens with zero attached hydrogens (tertiary/aromatic N) is 20. The first-order valence-corrected chi connectivity index (χ1v) is 45.3. The monoisotopic (exact) mass is 1810 g/mol. The highest BCUT2D eigenvalue weighted by atomic mass is 19.1. The maximum atomic E-state index is 14.5. The molecule has 0 radical (unpaired) electrons. The minimum absolute atomic E-state index is 0.138. The number of ether oxygens (including phenoxy) is 1. The standard InChI is InChI=1S/C21H22N6O.C21H22N6.C20H19FN6.2C20H20N6O/c1-11(2)26-17-9-23-12(3)27-15-6-5-14(28-4)7-13(15)8-16(27)18(17)19-20(22)24-10-25-21(19)26;1-11(2)26-17-9-23-13(4)27-15-6-5-12(3)7-14(15)8-16(27)18(17)19-20(22)24-10-25-21(19)26;1-10(2)26-16-8-23-11(3)27-14-6-4-5-13(21)12(14)7-15(27)17(16)18-19(22)24-9-25-20(18)26;2*1-10(2)25-15-8-22-20(27)26-13-6-11(3)4-5-12(13)7-14(26)16(15)17-18(21)23-9-24-19(17)25/h5-8,10-11,23H,3,9H2,1-2,4H3,(H2,22,24,25);5-8,10-11,23H,4,9H2,1-3H3,(H2,22,24,25);4-7,9-10,23H,3,8H2,1-2H3,(H2,22,24,25);2*4-7,9-10H,8H2,1-3H3,(H,22,27)(H2,21,23,24). The van der Waals surface area contributed by atoms with Crippen LogP contribution in [0, 0.1) is 26.6 Å². The molecule has 0 aliphatic carbocycles. The maximum absolute atomic E-state index is 14.5. The van der Waals surface area contributed by atoms with E-state index in [1.165, 1.54) is 42.3 Å². The molecule has 20 heterocycles. The van der Waals surface area contributed by atoms with E-state index in [9.17, 15) is 14.0 Å². The molecule has 0 spiro atoms. The van der Waals surface area contributed by atoms with Crippen LogP contribution in [0.15, 0.2) is 173 Å². The lowest BCUT2D eigenvalue weighted by Gasteiger charge is -2.15. The molecule has 15 N–H and O–H groups in total. The van der Waals surface area contributed by atoms with E-state index in [-0.39, 0.29) is 48.1 Å². The molecule has 33 nitrogen and oxygen atoms in total. The number of nitrogens with one attached hydrogen (secondary N) is 5. The number of benzene rings is 5. The summed E-state index contributed by atoms with van der Waals surface area (Å²) in [4.78, 5) is 69.7. The number of aryl methyl sites for hydroxylation is 3. The lowest BCUT2D eigenvalue weighted by atomic mass is 10.1. The quantitative estimate of drug-likeness (QED) is 0.0739. The minimum atomic E-state index is -0.265. The smallest absolute Gasteiger partial charge is 0.326 e. The van der Waals surface area contributed by atoms with Crippen molar-refractivity contribution in [3.05, 3.63) is 224 Å². The van der Waals surface area contributed by atoms with Gasteiger partial charge in [0.25, 0.3) is 0 Å². The maximum Gasteiger partial charge on any atom is 0.326 e. The first-order chi connectivity index (χ1) is 65.4. The predicted molar refractivity (Wildman–Crippen MR) is 539 cm³/mol. The highest BCUT2D eigenvalue weighted by Crippen LogP contribution is 2.50. The number of nitrogen functional groups attached to an aromatic ring is 5. The third-order valence-corrected chi connectivity index (χ3v) is 26.5. The highest BCUT2D eigenvalue weighted by Gasteiger charge is 2.37. The van der Waals surface area contributed by atoms with Crippen molar-refractivity contribution >= 4 is 168 Å². The number of fused-ring (bicyclic) bond motifs is 35. The molecule has 25 rings (SSSR count). The molecular weight excluding hydrogens is 1710 g/mol. The molecular formula is C102H103FN30O3. The average molecular weight is 1820 g/mol. The van der Waals surface area contributed by atoms with Gasteiger partial charge in [-0.1, -0.05) is 61.7 Å². The van der Waals surface area contributed by atoms with E-state index in [2.05, 4.69) is 265 Å². The molecule has 15 aromatic heterocycles. The summed E-state index contributed by atoms with van der Waals surface area (Å²) in [5.41, 5.74) is 58.6. The van der Waals surface area contributed by atoms with E-state index < -0.39 is 0 Å². The van der Waals surface area contributed by atoms with Crippen LogP contribution >= 0.6 is 0 Å². The molecule has 34 heteroatoms. The van der Waals surface area contributed by atoms with Crippen LogP contribution in [0.2, 0.25) is 0 Å². The average Bonchev–Trinajstić information content (AvgIpc) is 1.57. The van der Waals surface area contributed by atoms with E-state index in [1.807, 2.05) is 66.9 Å². The van der Waals surface area contributed by atoms with Gasteiger partial charge >= 0.3 is 12.1 Å². The Kier molecular flexibility index (Phi) is 20.4. The Morgan fingerprint density at radius 3 is 0.971 bits per heavy atom. The number of methoxy groups -OCH3 is 1. The first-order valence-electron chi connectivity index (χ1n) is 45.3. The van der Waals surface area contributed by atoms with Gasteiger partial charge in [-0.3, -0.25) is 22.8 Å². The Balaban J connectivity index is 0.000000102. The Hall–Kier alpha value is -16.8. The highest BCUT2D eigenvalue weighted by molar-refractivity contribution is 6.13. The predicted octanol–water partition coefficient (Wildman–Crippen LogP) is 18.9. The van der Waals surface area contributed by atoms with Gasteiger partial charge in [0.2, 0.25) is 0 Å². The van der Waals surface area contributed by atoms with E-state index in [0.717, 1.165) is 212 Å². The van der Waals surface area contributed by atoms with Gasteiger partial charge in [-0.2, -0.15) is 0 Å². The second kappa shape index (κ2) is 32.3. The number of rotatable bonds is 6. The molecule has 0 saturated carbocycles. The third-order valence-electron chi connectivity index (χ3n) is 26.5. The molecule has 686 valence electrons. The van der Waals surface area contributed by atoms with E-state index in [1.54, 1.807) is 28.6 Å². The number of carbonyl (C=O) groups excluding carboxylic acids is 2. The van der Waals surface area contributed by atoms with Gasteiger partial charge in [0.1, 0.15) is 118 Å². The van der Waals surface area contributed by atoms with Crippen molar-refractivity contribution in [3.8, 4) is 62.0 Å². The number of hydrogen-bond acceptors (Lipinski definition) is 21. The number of amides is 2. The van der Waals surface area contributed by atoms with Crippen LogP contribution < -0.4 is 60.0 Å². The lowest BCUT2D eigenvalue weighted by Crippen LogP contribution is -2.27. The summed E-state index contributed by atoms with van der Waals surface area (Å²) >= 11 is 0. The molecule has 5 aliphatic rings. The topological polar surface area (TPSA) is 412 Å². The second-order valence-corrected chi connectivity index (χ2v) is 36.5. The normalized spacial score (nSPS) is 13.7. The van der Waals surface area contributed by atoms with E-state index >= 15 is 0 Å². The largest absolute Gasteiger partial charge is 0.497 e. The van der Waals surface area contributed by atoms with Crippen LogP contribution in [-0.2, 0) is 32.7 Å². The van der Waals surface area contributed by atoms with Gasteiger partial charge in [0.05, 0.1) is 123 Å². The van der Waals surface area contributed by atoms with Crippen LogP contribution in [0.4, 0.5) is 43.1 Å². The van der Waals surface area contributed by atoms with Gasteiger partial charge in [-0.05, 0) is 186 Å². The molecule has 0 saturated heterocycles. The van der Waals surface area contributed by atoms with Crippen molar-refractivity contribution in [1.29, 1.82) is 0 Å². The zero-order chi connectivity index (χ0) is 95.1. The van der Waals surface area contributed by atoms with Crippen LogP contribution in [0.3, 0.4) is 0 Å². The molecule has 5 aromatic carbocycles. The molecule has 0 fully saturated rings. The summed E-state index contributed by atoms with van der Waals surface area (Å²) in [5, 5.41) is 25.4. The summed E-state index contributed by atoms with van der Waals surface area (Å²) in [6.07, 6.45) is 7.54. The SMILES string of the molecule is C=C1NCc2c(c3c(N)ncnc3n2C(C)C)-c2cc3c(F)cccc3n21.C=C1NCc2c(c3c(N)ncnc3n2C(C)C)-c2cc3cc(C)ccc3n21.C=C1NCc2c(c3c(N)ncnc3n2C(C)C)-c2cc3cc(OC)ccc3n21.Cc1ccc2cc3n(c2c1)C(=O)NCc1c-3c2c(N)ncnc2n1C(C)C.Cc1ccc2cc3n(c2c1)C(=O)NCc1c-3c2c(N)ncnc2n1C(C)C. The Morgan fingerprint density at radius 2 is 0.625 bits per heavy atom. The number of anilines is 5. The van der Waals surface area contributed by atoms with Crippen LogP contribution in [0.25, 0.3) is 183 Å². The number of nitrogens with two attached hydrogens (primary N) is 5. The molecule has 0 atom stereocenters. The Morgan fingerprint density at radius 1 is 0.331 bits per heavy atom. The van der Waals surface area contributed by atoms with Gasteiger partial charge in [-0.15, -0.1) is 0 Å². The van der Waals surface area contributed by atoms with Crippen molar-refractivity contribution in [2.75, 3.05) is 35.8 Å². The molecule has 20 aromatic rings. The number of hydrogen-bond donors (Lipinski definition) is 10. The fraction of sp³-hybridized carbons (Fsp3) is 0.235. The van der Waals surface area contributed by atoms with Crippen molar-refractivity contribution in [1.82, 2.24) is 122 Å². The number of halogens is 1. The molecule has 0 unspecified atom stereocenters. The summed E-state index contributed by atoms with van der Waals surface area (Å²) in [6.45, 7) is 42.8.